The highest BCUT2D eigenvalue weighted by atomic mass is 16.7. The highest BCUT2D eigenvalue weighted by Crippen LogP contribution is 2.29. The second-order valence-corrected chi connectivity index (χ2v) is 3.67. The van der Waals surface area contributed by atoms with E-state index in [9.17, 15) is 5.11 Å². The number of aliphatic hydroxyl groups is 2. The molecule has 0 amide bonds. The molecule has 0 aromatic heterocycles. The quantitative estimate of drug-likeness (QED) is 0.642. The molecule has 3 unspecified atom stereocenters. The van der Waals surface area contributed by atoms with Crippen molar-refractivity contribution in [2.75, 3.05) is 13.7 Å². The lowest BCUT2D eigenvalue weighted by atomic mass is 9.86. The Morgan fingerprint density at radius 3 is 2.38 bits per heavy atom. The van der Waals surface area contributed by atoms with Gasteiger partial charge in [-0.3, -0.25) is 0 Å². The molecule has 1 heterocycles. The molecule has 1 rings (SSSR count). The Balaban J connectivity index is 2.66. The van der Waals surface area contributed by atoms with Crippen molar-refractivity contribution in [1.29, 1.82) is 0 Å². The van der Waals surface area contributed by atoms with Crippen LogP contribution in [0.5, 0.6) is 0 Å². The fourth-order valence-corrected chi connectivity index (χ4v) is 1.76. The van der Waals surface area contributed by atoms with Gasteiger partial charge in [-0.1, -0.05) is 13.8 Å². The second-order valence-electron chi connectivity index (χ2n) is 3.67. The molecule has 1 aliphatic rings. The lowest BCUT2D eigenvalue weighted by Gasteiger charge is -2.41. The minimum atomic E-state index is -0.476. The van der Waals surface area contributed by atoms with Crippen LogP contribution in [0.2, 0.25) is 0 Å². The van der Waals surface area contributed by atoms with Crippen LogP contribution in [-0.4, -0.2) is 42.4 Å². The zero-order chi connectivity index (χ0) is 10.0. The van der Waals surface area contributed by atoms with Gasteiger partial charge < -0.3 is 19.7 Å². The molecule has 0 saturated carbocycles. The van der Waals surface area contributed by atoms with Gasteiger partial charge in [0.15, 0.2) is 6.29 Å². The number of hydrogen-bond acceptors (Lipinski definition) is 4. The van der Waals surface area contributed by atoms with E-state index in [0.29, 0.717) is 0 Å². The van der Waals surface area contributed by atoms with Crippen LogP contribution in [0.25, 0.3) is 0 Å². The van der Waals surface area contributed by atoms with Crippen LogP contribution >= 0.6 is 0 Å². The maximum Gasteiger partial charge on any atom is 0.162 e. The third-order valence-electron chi connectivity index (χ3n) is 2.81. The molecule has 1 fully saturated rings. The predicted octanol–water partition coefficient (Wildman–Crippen LogP) is -0.0169. The fourth-order valence-electron chi connectivity index (χ4n) is 1.76. The molecule has 0 spiro atoms. The molecule has 0 aliphatic carbocycles. The Labute approximate surface area is 78.5 Å². The summed E-state index contributed by atoms with van der Waals surface area (Å²) >= 11 is 0. The van der Waals surface area contributed by atoms with E-state index >= 15 is 0 Å². The maximum atomic E-state index is 9.78. The third-order valence-corrected chi connectivity index (χ3v) is 2.81. The Bertz CT molecular complexity index is 142. The number of ether oxygens (including phenoxy) is 2. The van der Waals surface area contributed by atoms with E-state index in [0.717, 1.165) is 0 Å². The Morgan fingerprint density at radius 1 is 1.31 bits per heavy atom. The summed E-state index contributed by atoms with van der Waals surface area (Å²) in [5, 5.41) is 18.8. The van der Waals surface area contributed by atoms with Crippen molar-refractivity contribution < 1.29 is 19.7 Å². The lowest BCUT2D eigenvalue weighted by molar-refractivity contribution is -0.258. The van der Waals surface area contributed by atoms with Crippen molar-refractivity contribution >= 4 is 0 Å². The van der Waals surface area contributed by atoms with Crippen LogP contribution in [0, 0.1) is 11.8 Å². The van der Waals surface area contributed by atoms with Crippen molar-refractivity contribution in [2.24, 2.45) is 11.8 Å². The maximum absolute atomic E-state index is 9.78. The largest absolute Gasteiger partial charge is 0.394 e. The zero-order valence-corrected chi connectivity index (χ0v) is 8.30. The molecule has 5 atom stereocenters. The van der Waals surface area contributed by atoms with Gasteiger partial charge in [0, 0.05) is 18.9 Å². The SMILES string of the molecule is COC1OC(CO)[C@@H](C)[C@H](O)C1C. The number of aliphatic hydroxyl groups excluding tert-OH is 2. The summed E-state index contributed by atoms with van der Waals surface area (Å²) in [5.74, 6) is -0.103. The molecular formula is C9H18O4. The highest BCUT2D eigenvalue weighted by Gasteiger charge is 2.40. The summed E-state index contributed by atoms with van der Waals surface area (Å²) in [7, 11) is 1.54. The third kappa shape index (κ3) is 2.02. The summed E-state index contributed by atoms with van der Waals surface area (Å²) in [4.78, 5) is 0. The summed E-state index contributed by atoms with van der Waals surface area (Å²) in [6, 6.07) is 0. The van der Waals surface area contributed by atoms with Gasteiger partial charge in [0.25, 0.3) is 0 Å². The van der Waals surface area contributed by atoms with Crippen LogP contribution in [0.15, 0.2) is 0 Å². The number of hydrogen-bond donors (Lipinski definition) is 2. The van der Waals surface area contributed by atoms with Crippen LogP contribution in [0.4, 0.5) is 0 Å². The molecule has 78 valence electrons. The van der Waals surface area contributed by atoms with Gasteiger partial charge in [0.2, 0.25) is 0 Å². The van der Waals surface area contributed by atoms with Gasteiger partial charge in [-0.15, -0.1) is 0 Å². The second kappa shape index (κ2) is 4.37. The Morgan fingerprint density at radius 2 is 1.92 bits per heavy atom. The van der Waals surface area contributed by atoms with E-state index in [1.54, 1.807) is 0 Å². The molecule has 13 heavy (non-hydrogen) atoms. The van der Waals surface area contributed by atoms with E-state index in [1.807, 2.05) is 13.8 Å². The van der Waals surface area contributed by atoms with Crippen molar-refractivity contribution in [1.82, 2.24) is 0 Å². The van der Waals surface area contributed by atoms with E-state index < -0.39 is 12.4 Å². The van der Waals surface area contributed by atoms with Crippen molar-refractivity contribution in [3.05, 3.63) is 0 Å². The molecular weight excluding hydrogens is 172 g/mol. The van der Waals surface area contributed by atoms with Crippen LogP contribution < -0.4 is 0 Å². The van der Waals surface area contributed by atoms with Gasteiger partial charge in [0.05, 0.1) is 18.8 Å². The minimum Gasteiger partial charge on any atom is -0.394 e. The first-order chi connectivity index (χ1) is 6.11. The van der Waals surface area contributed by atoms with Crippen molar-refractivity contribution in [3.8, 4) is 0 Å². The standard InChI is InChI=1S/C9H18O4/c1-5-7(4-10)13-9(12-3)6(2)8(5)11/h5-11H,4H2,1-3H3/t5-,6?,7?,8+,9?/m1/s1. The molecule has 0 bridgehead atoms. The minimum absolute atomic E-state index is 0.0496. The van der Waals surface area contributed by atoms with E-state index in [2.05, 4.69) is 0 Å². The van der Waals surface area contributed by atoms with E-state index in [-0.39, 0.29) is 24.5 Å². The molecule has 2 N–H and O–H groups in total. The van der Waals surface area contributed by atoms with Crippen LogP contribution in [0.3, 0.4) is 0 Å². The highest BCUT2D eigenvalue weighted by molar-refractivity contribution is 4.84. The topological polar surface area (TPSA) is 58.9 Å². The molecule has 1 saturated heterocycles. The first-order valence-electron chi connectivity index (χ1n) is 4.59. The first-order valence-corrected chi connectivity index (χ1v) is 4.59. The smallest absolute Gasteiger partial charge is 0.162 e. The van der Waals surface area contributed by atoms with Crippen LogP contribution in [-0.2, 0) is 9.47 Å². The molecule has 4 nitrogen and oxygen atoms in total. The molecule has 0 aromatic carbocycles. The molecule has 0 aromatic rings. The van der Waals surface area contributed by atoms with Gasteiger partial charge >= 0.3 is 0 Å². The first kappa shape index (κ1) is 10.9. The molecule has 4 heteroatoms. The fraction of sp³-hybridized carbons (Fsp3) is 1.00. The van der Waals surface area contributed by atoms with Gasteiger partial charge in [0.1, 0.15) is 0 Å². The summed E-state index contributed by atoms with van der Waals surface area (Å²) < 4.78 is 10.5. The predicted molar refractivity (Wildman–Crippen MR) is 47.1 cm³/mol. The van der Waals surface area contributed by atoms with Gasteiger partial charge in [-0.2, -0.15) is 0 Å². The Kier molecular flexibility index (Phi) is 3.67. The molecule has 0 radical (unpaired) electrons. The monoisotopic (exact) mass is 190 g/mol. The normalized spacial score (nSPS) is 46.4. The average molecular weight is 190 g/mol. The van der Waals surface area contributed by atoms with Crippen LogP contribution in [0.1, 0.15) is 13.8 Å². The van der Waals surface area contributed by atoms with Gasteiger partial charge in [-0.05, 0) is 0 Å². The summed E-state index contributed by atoms with van der Waals surface area (Å²) in [6.45, 7) is 3.67. The lowest BCUT2D eigenvalue weighted by Crippen LogP contribution is -2.50. The van der Waals surface area contributed by atoms with Crippen molar-refractivity contribution in [3.63, 3.8) is 0 Å². The summed E-state index contributed by atoms with van der Waals surface area (Å²) in [5.41, 5.74) is 0. The number of rotatable bonds is 2. The zero-order valence-electron chi connectivity index (χ0n) is 8.30. The number of methoxy groups -OCH3 is 1. The average Bonchev–Trinajstić information content (AvgIpc) is 2.15. The summed E-state index contributed by atoms with van der Waals surface area (Å²) in [6.07, 6.45) is -1.21. The van der Waals surface area contributed by atoms with E-state index in [1.165, 1.54) is 7.11 Å². The molecule has 1 aliphatic heterocycles. The van der Waals surface area contributed by atoms with Gasteiger partial charge in [-0.25, -0.2) is 0 Å². The van der Waals surface area contributed by atoms with Crippen molar-refractivity contribution in [2.45, 2.75) is 32.3 Å². The Hall–Kier alpha value is -0.160. The van der Waals surface area contributed by atoms with E-state index in [4.69, 9.17) is 14.6 Å².